The molecule has 0 aliphatic heterocycles. The molecule has 0 aromatic heterocycles. The molecule has 0 saturated carbocycles. The summed E-state index contributed by atoms with van der Waals surface area (Å²) in [6, 6.07) is 182. The van der Waals surface area contributed by atoms with Gasteiger partial charge in [-0.1, -0.05) is 455 Å². The quantitative estimate of drug-likeness (QED) is 0.126. The van der Waals surface area contributed by atoms with E-state index in [-0.39, 0.29) is 0 Å². The number of rotatable bonds is 9. The molecule has 0 fully saturated rings. The van der Waals surface area contributed by atoms with Gasteiger partial charge in [-0.15, -0.1) is 0 Å². The van der Waals surface area contributed by atoms with Crippen LogP contribution < -0.4 is 0 Å². The first kappa shape index (κ1) is 75.1. The van der Waals surface area contributed by atoms with Crippen LogP contribution in [0, 0.1) is 0 Å². The van der Waals surface area contributed by atoms with E-state index in [0.29, 0.717) is 0 Å². The monoisotopic (exact) mass is 1620 g/mol. The zero-order chi connectivity index (χ0) is 84.5. The van der Waals surface area contributed by atoms with Gasteiger partial charge in [-0.3, -0.25) is 0 Å². The molecule has 26 aromatic rings. The SMILES string of the molecule is c1ccc(-c2ccc3c(-c4cccc5ccccc45)c4ccccc4c(-c4ccc5ccccc5c4)c3c2)cc1.c1ccc2cc(-c3c4ccccc4c(-c4cccc5ccccc45)c4ccc(-c5cccc6ccccc56)cc34)ccc2c1.c1ccc2cc(-c3ccc4c(-c5cccc6ccccc56)c5ccccc5c(-c5ccc6ccccc6c5)c4c3)ccc2c1. The van der Waals surface area contributed by atoms with E-state index in [2.05, 4.69) is 497 Å². The average Bonchev–Trinajstić information content (AvgIpc) is 0.729. The van der Waals surface area contributed by atoms with Crippen molar-refractivity contribution in [1.29, 1.82) is 0 Å². The fraction of sp³-hybridized carbons (Fsp3) is 0. The summed E-state index contributed by atoms with van der Waals surface area (Å²) in [6.45, 7) is 0. The van der Waals surface area contributed by atoms with Crippen LogP contribution in [-0.4, -0.2) is 0 Å². The summed E-state index contributed by atoms with van der Waals surface area (Å²) in [4.78, 5) is 0. The first-order valence-corrected chi connectivity index (χ1v) is 44.4. The minimum atomic E-state index is 1.23. The highest BCUT2D eigenvalue weighted by atomic mass is 14.3. The van der Waals surface area contributed by atoms with Gasteiger partial charge < -0.3 is 0 Å². The Hall–Kier alpha value is -16.6. The van der Waals surface area contributed by atoms with Crippen molar-refractivity contribution in [2.75, 3.05) is 0 Å². The molecule has 0 aliphatic carbocycles. The molecule has 0 aliphatic rings. The smallest absolute Gasteiger partial charge is 0.00201 e. The highest BCUT2D eigenvalue weighted by Crippen LogP contribution is 2.52. The normalized spacial score (nSPS) is 11.6. The zero-order valence-corrected chi connectivity index (χ0v) is 70.3. The Bertz CT molecular complexity index is 8930. The van der Waals surface area contributed by atoms with Gasteiger partial charge in [-0.2, -0.15) is 0 Å². The lowest BCUT2D eigenvalue weighted by molar-refractivity contribution is 1.64. The molecule has 0 N–H and O–H groups in total. The summed E-state index contributed by atoms with van der Waals surface area (Å²) in [5.41, 5.74) is 22.7. The Labute approximate surface area is 743 Å². The van der Waals surface area contributed by atoms with E-state index in [9.17, 15) is 0 Å². The van der Waals surface area contributed by atoms with Crippen LogP contribution in [0.1, 0.15) is 0 Å². The number of hydrogen-bond acceptors (Lipinski definition) is 0. The van der Waals surface area contributed by atoms with Crippen molar-refractivity contribution < 1.29 is 0 Å². The standard InChI is InChI=1S/2C44H28.C40H26/c1-3-13-32-26-34(22-20-29(32)10-1)35-24-25-41-42(28-35)43(36-23-21-30-11-2-4-14-33(30)27-36)39-17-7-8-18-40(39)44(41)38-19-9-15-31-12-5-6-16-37(31)38;1-2-14-32-27-34(24-23-29(32)11-1)43-39-19-7-8-20-40(39)44(38-22-10-16-31-13-4-6-18-36(31)38)41-26-25-33(28-42(41)43)37-21-9-15-30-12-3-5-17-35(30)37;1-2-11-27(12-3-1)31-23-24-37-38(26-31)39(32-22-21-28-13-4-5-15-30(28)25-32)35-18-8-9-19-36(35)40(37)34-20-10-16-29-14-6-7-17-33(29)34/h2*1-28H;1-26H. The average molecular weight is 1620 g/mol. The van der Waals surface area contributed by atoms with Crippen LogP contribution in [0.3, 0.4) is 0 Å². The first-order chi connectivity index (χ1) is 63.5. The van der Waals surface area contributed by atoms with E-state index >= 15 is 0 Å². The van der Waals surface area contributed by atoms with Crippen molar-refractivity contribution in [2.45, 2.75) is 0 Å². The van der Waals surface area contributed by atoms with Crippen LogP contribution in [0.4, 0.5) is 0 Å². The summed E-state index contributed by atoms with van der Waals surface area (Å²) in [6.07, 6.45) is 0. The Balaban J connectivity index is 0.000000107. The number of benzene rings is 26. The molecule has 594 valence electrons. The minimum absolute atomic E-state index is 1.23. The van der Waals surface area contributed by atoms with Gasteiger partial charge in [0.25, 0.3) is 0 Å². The molecule has 0 heterocycles. The Morgan fingerprint density at radius 3 is 0.617 bits per heavy atom. The molecule has 0 radical (unpaired) electrons. The predicted molar refractivity (Wildman–Crippen MR) is 553 cm³/mol. The molecule has 26 rings (SSSR count). The van der Waals surface area contributed by atoms with Gasteiger partial charge in [0.05, 0.1) is 0 Å². The second-order valence-electron chi connectivity index (χ2n) is 33.9. The maximum atomic E-state index is 2.43. The van der Waals surface area contributed by atoms with Gasteiger partial charge in [0, 0.05) is 0 Å². The highest BCUT2D eigenvalue weighted by Gasteiger charge is 2.25. The topological polar surface area (TPSA) is 0 Å². The van der Waals surface area contributed by atoms with E-state index in [4.69, 9.17) is 0 Å². The van der Waals surface area contributed by atoms with Gasteiger partial charge in [0.2, 0.25) is 0 Å². The van der Waals surface area contributed by atoms with Gasteiger partial charge in [0.1, 0.15) is 0 Å². The van der Waals surface area contributed by atoms with Gasteiger partial charge in [-0.25, -0.2) is 0 Å². The van der Waals surface area contributed by atoms with Crippen molar-refractivity contribution in [3.8, 4) is 100 Å². The van der Waals surface area contributed by atoms with Crippen LogP contribution >= 0.6 is 0 Å². The third-order valence-corrected chi connectivity index (χ3v) is 26.7. The molecule has 0 amide bonds. The third-order valence-electron chi connectivity index (χ3n) is 26.7. The van der Waals surface area contributed by atoms with Gasteiger partial charge >= 0.3 is 0 Å². The van der Waals surface area contributed by atoms with Crippen LogP contribution in [0.25, 0.3) is 251 Å². The summed E-state index contributed by atoms with van der Waals surface area (Å²) in [5.74, 6) is 0. The molecule has 0 bridgehead atoms. The summed E-state index contributed by atoms with van der Waals surface area (Å²) in [5, 5.41) is 35.5. The van der Waals surface area contributed by atoms with E-state index in [0.717, 1.165) is 0 Å². The molecular formula is C128H82. The molecule has 0 unspecified atom stereocenters. The maximum Gasteiger partial charge on any atom is -0.00201 e. The van der Waals surface area contributed by atoms with Crippen LogP contribution in [0.2, 0.25) is 0 Å². The highest BCUT2D eigenvalue weighted by molar-refractivity contribution is 6.28. The molecule has 0 saturated heterocycles. The third kappa shape index (κ3) is 13.2. The first-order valence-electron chi connectivity index (χ1n) is 44.4. The lowest BCUT2D eigenvalue weighted by Gasteiger charge is -2.20. The molecule has 26 aromatic carbocycles. The Morgan fingerprint density at radius 1 is 0.0781 bits per heavy atom. The second kappa shape index (κ2) is 31.9. The lowest BCUT2D eigenvalue weighted by atomic mass is 9.83. The fourth-order valence-corrected chi connectivity index (χ4v) is 20.7. The molecule has 0 atom stereocenters. The molecule has 0 spiro atoms. The fourth-order valence-electron chi connectivity index (χ4n) is 20.7. The maximum absolute atomic E-state index is 2.43. The van der Waals surface area contributed by atoms with E-state index in [1.54, 1.807) is 0 Å². The van der Waals surface area contributed by atoms with Crippen LogP contribution in [0.5, 0.6) is 0 Å². The van der Waals surface area contributed by atoms with E-state index in [1.807, 2.05) is 0 Å². The van der Waals surface area contributed by atoms with Crippen molar-refractivity contribution in [3.05, 3.63) is 497 Å². The number of hydrogen-bond donors (Lipinski definition) is 0. The van der Waals surface area contributed by atoms with Crippen molar-refractivity contribution >= 4 is 151 Å². The summed E-state index contributed by atoms with van der Waals surface area (Å²) < 4.78 is 0. The van der Waals surface area contributed by atoms with Crippen molar-refractivity contribution in [3.63, 3.8) is 0 Å². The molecule has 0 heteroatoms. The van der Waals surface area contributed by atoms with Crippen molar-refractivity contribution in [2.24, 2.45) is 0 Å². The lowest BCUT2D eigenvalue weighted by Crippen LogP contribution is -1.93. The predicted octanol–water partition coefficient (Wildman–Crippen LogP) is 36.2. The second-order valence-corrected chi connectivity index (χ2v) is 33.9. The van der Waals surface area contributed by atoms with Crippen LogP contribution in [0.15, 0.2) is 497 Å². The van der Waals surface area contributed by atoms with E-state index < -0.39 is 0 Å². The molecular weight excluding hydrogens is 1540 g/mol. The largest absolute Gasteiger partial charge is 0.0622 e. The Morgan fingerprint density at radius 2 is 0.281 bits per heavy atom. The van der Waals surface area contributed by atoms with E-state index in [1.165, 1.54) is 251 Å². The Kier molecular flexibility index (Phi) is 18.7. The number of fused-ring (bicyclic) bond motifs is 14. The van der Waals surface area contributed by atoms with Gasteiger partial charge in [-0.05, 0) is 293 Å². The van der Waals surface area contributed by atoms with Gasteiger partial charge in [0.15, 0.2) is 0 Å². The van der Waals surface area contributed by atoms with Crippen LogP contribution in [-0.2, 0) is 0 Å². The molecule has 0 nitrogen and oxygen atoms in total. The molecule has 128 heavy (non-hydrogen) atoms. The summed E-state index contributed by atoms with van der Waals surface area (Å²) in [7, 11) is 0. The zero-order valence-electron chi connectivity index (χ0n) is 70.3. The van der Waals surface area contributed by atoms with Crippen molar-refractivity contribution in [1.82, 2.24) is 0 Å². The minimum Gasteiger partial charge on any atom is -0.0622 e. The summed E-state index contributed by atoms with van der Waals surface area (Å²) >= 11 is 0.